The van der Waals surface area contributed by atoms with Crippen molar-refractivity contribution in [2.24, 2.45) is 0 Å². The van der Waals surface area contributed by atoms with E-state index < -0.39 is 5.97 Å². The predicted octanol–water partition coefficient (Wildman–Crippen LogP) is 6.63. The van der Waals surface area contributed by atoms with Gasteiger partial charge in [-0.3, -0.25) is 9.69 Å². The first-order chi connectivity index (χ1) is 18.0. The van der Waals surface area contributed by atoms with Gasteiger partial charge in [0.2, 0.25) is 0 Å². The third-order valence-electron chi connectivity index (χ3n) is 6.82. The zero-order valence-electron chi connectivity index (χ0n) is 21.6. The van der Waals surface area contributed by atoms with Crippen molar-refractivity contribution in [2.45, 2.75) is 13.3 Å². The highest BCUT2D eigenvalue weighted by molar-refractivity contribution is 6.33. The van der Waals surface area contributed by atoms with Gasteiger partial charge in [0, 0.05) is 43.9 Å². The number of carbonyl (C=O) groups excluding carboxylic acids is 1. The first-order valence-corrected chi connectivity index (χ1v) is 12.9. The van der Waals surface area contributed by atoms with Gasteiger partial charge in [-0.25, -0.2) is 4.79 Å². The largest absolute Gasteiger partial charge is 0.462 e. The third-order valence-corrected chi connectivity index (χ3v) is 7.14. The normalized spacial score (nSPS) is 13.4. The molecule has 0 spiro atoms. The average Bonchev–Trinajstić information content (AvgIpc) is 2.94. The molecular formula is C30H31Cl3N2O4. The highest BCUT2D eigenvalue weighted by Gasteiger charge is 2.21. The second-order valence-electron chi connectivity index (χ2n) is 9.20. The molecule has 0 bridgehead atoms. The summed E-state index contributed by atoms with van der Waals surface area (Å²) >= 11 is 6.34. The van der Waals surface area contributed by atoms with Crippen molar-refractivity contribution in [1.29, 1.82) is 0 Å². The minimum Gasteiger partial charge on any atom is -0.462 e. The second-order valence-corrected chi connectivity index (χ2v) is 9.61. The minimum absolute atomic E-state index is 0. The van der Waals surface area contributed by atoms with Crippen LogP contribution < -0.4 is 10.3 Å². The summed E-state index contributed by atoms with van der Waals surface area (Å²) in [6.45, 7) is 6.54. The molecule has 6 nitrogen and oxygen atoms in total. The molecule has 1 aliphatic heterocycles. The zero-order valence-corrected chi connectivity index (χ0v) is 24.0. The van der Waals surface area contributed by atoms with Gasteiger partial charge in [0.05, 0.1) is 22.7 Å². The fourth-order valence-corrected chi connectivity index (χ4v) is 5.04. The number of anilines is 1. The number of fused-ring (bicyclic) bond motifs is 1. The number of ether oxygens (including phenoxy) is 1. The van der Waals surface area contributed by atoms with Gasteiger partial charge in [0.15, 0.2) is 11.0 Å². The van der Waals surface area contributed by atoms with E-state index in [4.69, 9.17) is 20.8 Å². The summed E-state index contributed by atoms with van der Waals surface area (Å²) in [5.41, 5.74) is 2.75. The van der Waals surface area contributed by atoms with Crippen molar-refractivity contribution >= 4 is 59.0 Å². The van der Waals surface area contributed by atoms with E-state index in [0.717, 1.165) is 55.4 Å². The Labute approximate surface area is 245 Å². The number of para-hydroxylation sites is 2. The van der Waals surface area contributed by atoms with Crippen LogP contribution in [0.1, 0.15) is 22.3 Å². The number of esters is 1. The van der Waals surface area contributed by atoms with Crippen molar-refractivity contribution in [3.05, 3.63) is 99.2 Å². The van der Waals surface area contributed by atoms with Crippen LogP contribution in [0.5, 0.6) is 0 Å². The Morgan fingerprint density at radius 2 is 1.62 bits per heavy atom. The highest BCUT2D eigenvalue weighted by atomic mass is 35.5. The van der Waals surface area contributed by atoms with Gasteiger partial charge in [-0.15, -0.1) is 24.8 Å². The molecule has 1 fully saturated rings. The van der Waals surface area contributed by atoms with Gasteiger partial charge in [-0.05, 0) is 37.6 Å². The molecule has 0 amide bonds. The summed E-state index contributed by atoms with van der Waals surface area (Å²) in [7, 11) is 0. The molecular weight excluding hydrogens is 559 g/mol. The summed E-state index contributed by atoms with van der Waals surface area (Å²) in [6, 6.07) is 22.4. The van der Waals surface area contributed by atoms with Crippen LogP contribution >= 0.6 is 36.4 Å². The molecule has 1 aliphatic rings. The van der Waals surface area contributed by atoms with Crippen LogP contribution in [0.3, 0.4) is 0 Å². The third kappa shape index (κ3) is 6.76. The predicted molar refractivity (Wildman–Crippen MR) is 162 cm³/mol. The molecule has 0 saturated carbocycles. The van der Waals surface area contributed by atoms with Gasteiger partial charge in [0.25, 0.3) is 0 Å². The summed E-state index contributed by atoms with van der Waals surface area (Å²) in [5, 5.41) is 1.15. The van der Waals surface area contributed by atoms with Gasteiger partial charge < -0.3 is 14.1 Å². The smallest absolute Gasteiger partial charge is 0.341 e. The monoisotopic (exact) mass is 588 g/mol. The van der Waals surface area contributed by atoms with E-state index >= 15 is 0 Å². The lowest BCUT2D eigenvalue weighted by Crippen LogP contribution is -2.46. The van der Waals surface area contributed by atoms with Crippen LogP contribution in [0.25, 0.3) is 22.3 Å². The first kappa shape index (κ1) is 30.5. The Morgan fingerprint density at radius 3 is 2.33 bits per heavy atom. The molecule has 4 aromatic rings. The number of hydrogen-bond donors (Lipinski definition) is 0. The highest BCUT2D eigenvalue weighted by Crippen LogP contribution is 2.28. The van der Waals surface area contributed by atoms with Gasteiger partial charge in [-0.2, -0.15) is 0 Å². The van der Waals surface area contributed by atoms with E-state index in [2.05, 4.69) is 15.9 Å². The fourth-order valence-electron chi connectivity index (χ4n) is 4.79. The standard InChI is InChI=1S/C30H29ClN2O4.2ClH/c1-21-27(34)23-11-7-12-24(29(23)37-28(21)22-9-3-2-4-10-22)30(35)36-20-8-15-32-16-18-33(19-17-32)26-14-6-5-13-25(26)31;;/h2-7,9-14H,8,15-20H2,1H3;2*1H. The molecule has 5 rings (SSSR count). The molecule has 0 atom stereocenters. The van der Waals surface area contributed by atoms with Crippen LogP contribution in [0, 0.1) is 6.92 Å². The maximum absolute atomic E-state index is 13.0. The second kappa shape index (κ2) is 13.9. The lowest BCUT2D eigenvalue weighted by atomic mass is 10.0. The summed E-state index contributed by atoms with van der Waals surface area (Å²) < 4.78 is 11.7. The number of hydrogen-bond acceptors (Lipinski definition) is 6. The number of carbonyl (C=O) groups is 1. The summed E-state index contributed by atoms with van der Waals surface area (Å²) in [4.78, 5) is 30.7. The number of nitrogens with zero attached hydrogens (tertiary/aromatic N) is 2. The molecule has 206 valence electrons. The van der Waals surface area contributed by atoms with Gasteiger partial charge >= 0.3 is 5.97 Å². The Kier molecular flexibility index (Phi) is 10.8. The van der Waals surface area contributed by atoms with E-state index in [9.17, 15) is 9.59 Å². The van der Waals surface area contributed by atoms with Gasteiger partial charge in [-0.1, -0.05) is 60.1 Å². The molecule has 2 heterocycles. The number of benzene rings is 3. The van der Waals surface area contributed by atoms with E-state index in [-0.39, 0.29) is 41.4 Å². The molecule has 1 aromatic heterocycles. The molecule has 0 N–H and O–H groups in total. The van der Waals surface area contributed by atoms with Crippen molar-refractivity contribution in [1.82, 2.24) is 4.90 Å². The van der Waals surface area contributed by atoms with E-state index in [0.29, 0.717) is 23.3 Å². The molecule has 3 aromatic carbocycles. The molecule has 0 unspecified atom stereocenters. The van der Waals surface area contributed by atoms with Crippen molar-refractivity contribution in [3.63, 3.8) is 0 Å². The van der Waals surface area contributed by atoms with Crippen LogP contribution in [-0.4, -0.2) is 50.2 Å². The van der Waals surface area contributed by atoms with E-state index in [1.807, 2.05) is 48.5 Å². The van der Waals surface area contributed by atoms with Gasteiger partial charge in [0.1, 0.15) is 11.3 Å². The Balaban J connectivity index is 0.00000210. The average molecular weight is 590 g/mol. The molecule has 0 radical (unpaired) electrons. The fraction of sp³-hybridized carbons (Fsp3) is 0.267. The SMILES string of the molecule is Cc1c(-c2ccccc2)oc2c(C(=O)OCCCN3CCN(c4ccccc4Cl)CC3)cccc2c1=O.Cl.Cl. The van der Waals surface area contributed by atoms with Crippen molar-refractivity contribution in [2.75, 3.05) is 44.2 Å². The summed E-state index contributed by atoms with van der Waals surface area (Å²) in [6.07, 6.45) is 0.723. The molecule has 9 heteroatoms. The lowest BCUT2D eigenvalue weighted by molar-refractivity contribution is 0.0488. The molecule has 0 aliphatic carbocycles. The lowest BCUT2D eigenvalue weighted by Gasteiger charge is -2.36. The number of halogens is 3. The summed E-state index contributed by atoms with van der Waals surface area (Å²) in [5.74, 6) is -0.0190. The molecule has 39 heavy (non-hydrogen) atoms. The van der Waals surface area contributed by atoms with Crippen LogP contribution in [-0.2, 0) is 4.74 Å². The van der Waals surface area contributed by atoms with Crippen LogP contribution in [0.4, 0.5) is 5.69 Å². The van der Waals surface area contributed by atoms with Crippen LogP contribution in [0.2, 0.25) is 5.02 Å². The Bertz CT molecular complexity index is 1470. The van der Waals surface area contributed by atoms with Crippen molar-refractivity contribution < 1.29 is 13.9 Å². The topological polar surface area (TPSA) is 63.0 Å². The van der Waals surface area contributed by atoms with Crippen LogP contribution in [0.15, 0.2) is 82.0 Å². The molecule has 1 saturated heterocycles. The number of rotatable bonds is 7. The Morgan fingerprint density at radius 1 is 0.923 bits per heavy atom. The van der Waals surface area contributed by atoms with Crippen molar-refractivity contribution in [3.8, 4) is 11.3 Å². The quantitative estimate of drug-likeness (QED) is 0.178. The van der Waals surface area contributed by atoms with E-state index in [1.54, 1.807) is 25.1 Å². The number of piperazine rings is 1. The minimum atomic E-state index is -0.486. The first-order valence-electron chi connectivity index (χ1n) is 12.5. The maximum atomic E-state index is 13.0. The maximum Gasteiger partial charge on any atom is 0.341 e. The van der Waals surface area contributed by atoms with E-state index in [1.165, 1.54) is 0 Å². The Hall–Kier alpha value is -3.03. The zero-order chi connectivity index (χ0) is 25.8.